The highest BCUT2D eigenvalue weighted by Gasteiger charge is 1.98. The van der Waals surface area contributed by atoms with E-state index in [1.165, 1.54) is 0 Å². The highest BCUT2D eigenvalue weighted by atomic mass is 16.1. The quantitative estimate of drug-likeness (QED) is 0.717. The van der Waals surface area contributed by atoms with Crippen LogP contribution >= 0.6 is 0 Å². The van der Waals surface area contributed by atoms with Crippen LogP contribution in [0.3, 0.4) is 0 Å². The minimum Gasteiger partial charge on any atom is -0.388 e. The van der Waals surface area contributed by atoms with Gasteiger partial charge >= 0.3 is 0 Å². The molecule has 0 spiro atoms. The molecule has 3 heteroatoms. The average Bonchev–Trinajstić information content (AvgIpc) is 2.19. The van der Waals surface area contributed by atoms with Crippen molar-refractivity contribution in [3.8, 4) is 0 Å². The third-order valence-corrected chi connectivity index (χ3v) is 2.32. The lowest BCUT2D eigenvalue weighted by molar-refractivity contribution is 1.24. The fraction of sp³-hybridized carbons (Fsp3) is 0.182. The van der Waals surface area contributed by atoms with Crippen molar-refractivity contribution in [3.05, 3.63) is 40.2 Å². The Morgan fingerprint density at radius 2 is 2.07 bits per heavy atom. The number of H-pyrrole nitrogens is 1. The molecule has 0 unspecified atom stereocenters. The molecular formula is C11H12N2O. The zero-order valence-corrected chi connectivity index (χ0v) is 8.22. The van der Waals surface area contributed by atoms with E-state index in [1.54, 1.807) is 0 Å². The van der Waals surface area contributed by atoms with Gasteiger partial charge in [-0.25, -0.2) is 0 Å². The molecule has 2 rings (SSSR count). The molecule has 2 N–H and O–H groups in total. The Balaban J connectivity index is 2.77. The predicted molar refractivity (Wildman–Crippen MR) is 58.9 cm³/mol. The van der Waals surface area contributed by atoms with Crippen LogP contribution in [0.2, 0.25) is 0 Å². The van der Waals surface area contributed by atoms with Gasteiger partial charge in [-0.1, -0.05) is 0 Å². The fourth-order valence-electron chi connectivity index (χ4n) is 1.47. The maximum absolute atomic E-state index is 11.3. The second-order valence-electron chi connectivity index (χ2n) is 3.33. The summed E-state index contributed by atoms with van der Waals surface area (Å²) in [7, 11) is 1.87. The summed E-state index contributed by atoms with van der Waals surface area (Å²) in [6.45, 7) is 1.81. The number of aromatic amines is 1. The van der Waals surface area contributed by atoms with E-state index < -0.39 is 0 Å². The Kier molecular flexibility index (Phi) is 2.00. The Bertz CT molecular complexity index is 528. The fourth-order valence-corrected chi connectivity index (χ4v) is 1.47. The van der Waals surface area contributed by atoms with Gasteiger partial charge in [0.2, 0.25) is 0 Å². The second kappa shape index (κ2) is 3.18. The van der Waals surface area contributed by atoms with Gasteiger partial charge in [0.15, 0.2) is 0 Å². The normalized spacial score (nSPS) is 10.4. The number of anilines is 1. The lowest BCUT2D eigenvalue weighted by Crippen LogP contribution is -2.08. The Hall–Kier alpha value is -1.77. The van der Waals surface area contributed by atoms with Gasteiger partial charge in [0.1, 0.15) is 0 Å². The van der Waals surface area contributed by atoms with Crippen LogP contribution in [-0.2, 0) is 0 Å². The molecule has 72 valence electrons. The molecule has 0 aliphatic heterocycles. The molecule has 0 amide bonds. The first-order chi connectivity index (χ1) is 6.70. The van der Waals surface area contributed by atoms with Crippen LogP contribution in [0.1, 0.15) is 5.56 Å². The number of aryl methyl sites for hydroxylation is 1. The molecule has 1 aromatic carbocycles. The number of hydrogen-bond acceptors (Lipinski definition) is 2. The molecule has 1 heterocycles. The summed E-state index contributed by atoms with van der Waals surface area (Å²) in [6, 6.07) is 7.75. The van der Waals surface area contributed by atoms with Crippen molar-refractivity contribution in [3.63, 3.8) is 0 Å². The minimum absolute atomic E-state index is 0.0188. The van der Waals surface area contributed by atoms with Gasteiger partial charge < -0.3 is 10.3 Å². The molecular weight excluding hydrogens is 176 g/mol. The molecule has 0 fully saturated rings. The van der Waals surface area contributed by atoms with Gasteiger partial charge in [0.25, 0.3) is 5.56 Å². The second-order valence-corrected chi connectivity index (χ2v) is 3.33. The van der Waals surface area contributed by atoms with Crippen LogP contribution in [-0.4, -0.2) is 12.0 Å². The van der Waals surface area contributed by atoms with Crippen LogP contribution in [0.4, 0.5) is 5.69 Å². The van der Waals surface area contributed by atoms with E-state index in [9.17, 15) is 4.79 Å². The van der Waals surface area contributed by atoms with Crippen molar-refractivity contribution in [2.24, 2.45) is 0 Å². The smallest absolute Gasteiger partial charge is 0.251 e. The largest absolute Gasteiger partial charge is 0.388 e. The van der Waals surface area contributed by atoms with E-state index in [-0.39, 0.29) is 5.56 Å². The zero-order valence-electron chi connectivity index (χ0n) is 8.22. The molecule has 0 saturated heterocycles. The van der Waals surface area contributed by atoms with Crippen molar-refractivity contribution >= 4 is 16.6 Å². The first-order valence-electron chi connectivity index (χ1n) is 4.52. The Morgan fingerprint density at radius 3 is 2.79 bits per heavy atom. The summed E-state index contributed by atoms with van der Waals surface area (Å²) in [5, 5.41) is 4.11. The van der Waals surface area contributed by atoms with Gasteiger partial charge in [-0.15, -0.1) is 0 Å². The standard InChI is InChI=1S/C11H12N2O/c1-7-5-8-6-9(12-2)3-4-10(8)13-11(7)14/h3-6,12H,1-2H3,(H,13,14). The highest BCUT2D eigenvalue weighted by Crippen LogP contribution is 2.16. The molecule has 2 aromatic rings. The summed E-state index contributed by atoms with van der Waals surface area (Å²) in [5.41, 5.74) is 2.64. The molecule has 0 aliphatic carbocycles. The SMILES string of the molecule is CNc1ccc2[nH]c(=O)c(C)cc2c1. The molecule has 0 atom stereocenters. The van der Waals surface area contributed by atoms with E-state index in [4.69, 9.17) is 0 Å². The van der Waals surface area contributed by atoms with Gasteiger partial charge in [-0.05, 0) is 31.2 Å². The van der Waals surface area contributed by atoms with Crippen LogP contribution in [0.5, 0.6) is 0 Å². The van der Waals surface area contributed by atoms with Crippen molar-refractivity contribution in [1.82, 2.24) is 4.98 Å². The van der Waals surface area contributed by atoms with E-state index in [2.05, 4.69) is 10.3 Å². The van der Waals surface area contributed by atoms with Gasteiger partial charge in [-0.2, -0.15) is 0 Å². The van der Waals surface area contributed by atoms with E-state index in [0.29, 0.717) is 0 Å². The minimum atomic E-state index is -0.0188. The molecule has 1 aromatic heterocycles. The number of rotatable bonds is 1. The number of fused-ring (bicyclic) bond motifs is 1. The maximum atomic E-state index is 11.3. The first-order valence-corrected chi connectivity index (χ1v) is 4.52. The molecule has 0 bridgehead atoms. The molecule has 3 nitrogen and oxygen atoms in total. The van der Waals surface area contributed by atoms with Gasteiger partial charge in [0, 0.05) is 29.2 Å². The average molecular weight is 188 g/mol. The number of hydrogen-bond donors (Lipinski definition) is 2. The maximum Gasteiger partial charge on any atom is 0.251 e. The summed E-state index contributed by atoms with van der Waals surface area (Å²) in [6.07, 6.45) is 0. The molecule has 14 heavy (non-hydrogen) atoms. The number of benzene rings is 1. The summed E-state index contributed by atoms with van der Waals surface area (Å²) >= 11 is 0. The van der Waals surface area contributed by atoms with Gasteiger partial charge in [0.05, 0.1) is 0 Å². The highest BCUT2D eigenvalue weighted by molar-refractivity contribution is 5.82. The third-order valence-electron chi connectivity index (χ3n) is 2.32. The number of nitrogens with one attached hydrogen (secondary N) is 2. The first kappa shape index (κ1) is 8.81. The molecule has 0 aliphatic rings. The Labute approximate surface area is 81.8 Å². The van der Waals surface area contributed by atoms with Crippen molar-refractivity contribution < 1.29 is 0 Å². The third kappa shape index (κ3) is 1.37. The lowest BCUT2D eigenvalue weighted by Gasteiger charge is -2.03. The van der Waals surface area contributed by atoms with Crippen LogP contribution in [0, 0.1) is 6.92 Å². The van der Waals surface area contributed by atoms with Crippen molar-refractivity contribution in [2.75, 3.05) is 12.4 Å². The van der Waals surface area contributed by atoms with Crippen LogP contribution in [0.15, 0.2) is 29.1 Å². The van der Waals surface area contributed by atoms with E-state index in [1.807, 2.05) is 38.2 Å². The summed E-state index contributed by atoms with van der Waals surface area (Å²) in [4.78, 5) is 14.1. The summed E-state index contributed by atoms with van der Waals surface area (Å²) in [5.74, 6) is 0. The topological polar surface area (TPSA) is 44.9 Å². The summed E-state index contributed by atoms with van der Waals surface area (Å²) < 4.78 is 0. The van der Waals surface area contributed by atoms with Crippen LogP contribution < -0.4 is 10.9 Å². The predicted octanol–water partition coefficient (Wildman–Crippen LogP) is 1.88. The van der Waals surface area contributed by atoms with E-state index >= 15 is 0 Å². The Morgan fingerprint density at radius 1 is 1.29 bits per heavy atom. The monoisotopic (exact) mass is 188 g/mol. The van der Waals surface area contributed by atoms with E-state index in [0.717, 1.165) is 22.2 Å². The number of pyridine rings is 1. The molecule has 0 saturated carbocycles. The molecule has 0 radical (unpaired) electrons. The lowest BCUT2D eigenvalue weighted by atomic mass is 10.1. The number of aromatic nitrogens is 1. The van der Waals surface area contributed by atoms with Gasteiger partial charge in [-0.3, -0.25) is 4.79 Å². The zero-order chi connectivity index (χ0) is 10.1. The van der Waals surface area contributed by atoms with Crippen molar-refractivity contribution in [1.29, 1.82) is 0 Å². The van der Waals surface area contributed by atoms with Crippen molar-refractivity contribution in [2.45, 2.75) is 6.92 Å². The van der Waals surface area contributed by atoms with Crippen LogP contribution in [0.25, 0.3) is 10.9 Å².